The van der Waals surface area contributed by atoms with Gasteiger partial charge in [-0.1, -0.05) is 78.9 Å². The molecule has 5 rings (SSSR count). The van der Waals surface area contributed by atoms with Crippen LogP contribution in [0, 0.1) is 5.82 Å². The molecular weight excluding hydrogens is 523 g/mol. The second-order valence-corrected chi connectivity index (χ2v) is 9.88. The topological polar surface area (TPSA) is 67.8 Å². The average molecular weight is 549 g/mol. The first kappa shape index (κ1) is 26.8. The minimum atomic E-state index is -0.472. The van der Waals surface area contributed by atoms with Gasteiger partial charge in [-0.3, -0.25) is 4.79 Å². The number of ether oxygens (including phenoxy) is 1. The first-order chi connectivity index (χ1) is 19.5. The van der Waals surface area contributed by atoms with E-state index >= 15 is 0 Å². The van der Waals surface area contributed by atoms with Crippen molar-refractivity contribution in [3.8, 4) is 11.1 Å². The van der Waals surface area contributed by atoms with Crippen molar-refractivity contribution in [3.05, 3.63) is 131 Å². The zero-order chi connectivity index (χ0) is 27.9. The highest BCUT2D eigenvalue weighted by atomic mass is 32.2. The number of nitrogens with one attached hydrogen (secondary N) is 1. The van der Waals surface area contributed by atoms with Gasteiger partial charge < -0.3 is 10.1 Å². The number of hydrogen-bond acceptors (Lipinski definition) is 5. The van der Waals surface area contributed by atoms with Gasteiger partial charge in [0.1, 0.15) is 5.82 Å². The molecule has 0 aromatic heterocycles. The van der Waals surface area contributed by atoms with E-state index in [-0.39, 0.29) is 18.3 Å². The highest BCUT2D eigenvalue weighted by Gasteiger charge is 2.22. The summed E-state index contributed by atoms with van der Waals surface area (Å²) in [5.74, 6) is -1.13. The summed E-state index contributed by atoms with van der Waals surface area (Å²) in [5.41, 5.74) is 5.53. The van der Waals surface area contributed by atoms with Crippen LogP contribution < -0.4 is 5.32 Å². The number of amidine groups is 1. The Morgan fingerprint density at radius 2 is 1.52 bits per heavy atom. The number of benzene rings is 4. The normalized spacial score (nSPS) is 14.2. The van der Waals surface area contributed by atoms with Crippen molar-refractivity contribution in [2.45, 2.75) is 6.92 Å². The van der Waals surface area contributed by atoms with Gasteiger partial charge in [0.25, 0.3) is 5.91 Å². The standard InChI is InChI=1S/C33H25FN2O3S/c1-2-39-32(38)29(20-22-10-16-27(34)17-11-22)26-14-18-28(19-15-26)35-33-36-31(37)30(40-33)21-23-8-12-25(13-9-23)24-6-4-3-5-7-24/h3-21H,2H2,1H3,(H,35,36,37)/b29-20-,30-21+. The monoisotopic (exact) mass is 548 g/mol. The van der Waals surface area contributed by atoms with Crippen LogP contribution in [-0.4, -0.2) is 23.7 Å². The van der Waals surface area contributed by atoms with E-state index in [9.17, 15) is 14.0 Å². The van der Waals surface area contributed by atoms with Crippen LogP contribution in [-0.2, 0) is 14.3 Å². The molecule has 5 nitrogen and oxygen atoms in total. The quantitative estimate of drug-likeness (QED) is 0.146. The van der Waals surface area contributed by atoms with E-state index in [1.165, 1.54) is 23.9 Å². The molecule has 0 unspecified atom stereocenters. The van der Waals surface area contributed by atoms with Crippen LogP contribution in [0.2, 0.25) is 0 Å². The summed E-state index contributed by atoms with van der Waals surface area (Å²) in [6.07, 6.45) is 3.49. The summed E-state index contributed by atoms with van der Waals surface area (Å²) in [7, 11) is 0. The lowest BCUT2D eigenvalue weighted by molar-refractivity contribution is -0.136. The number of aliphatic imine (C=N–C) groups is 1. The predicted molar refractivity (Wildman–Crippen MR) is 161 cm³/mol. The maximum atomic E-state index is 13.3. The SMILES string of the molecule is CCOC(=O)/C(=C\c1ccc(F)cc1)c1ccc(NC2=NC(=O)/C(=C\c3ccc(-c4ccccc4)cc3)S2)cc1. The number of nitrogens with zero attached hydrogens (tertiary/aromatic N) is 1. The van der Waals surface area contributed by atoms with E-state index in [2.05, 4.69) is 22.4 Å². The van der Waals surface area contributed by atoms with Gasteiger partial charge in [-0.25, -0.2) is 9.18 Å². The number of anilines is 1. The van der Waals surface area contributed by atoms with Gasteiger partial charge in [-0.2, -0.15) is 4.99 Å². The Labute approximate surface area is 236 Å². The summed E-state index contributed by atoms with van der Waals surface area (Å²) < 4.78 is 18.5. The van der Waals surface area contributed by atoms with Crippen LogP contribution in [0.25, 0.3) is 28.9 Å². The van der Waals surface area contributed by atoms with Crippen molar-refractivity contribution in [1.29, 1.82) is 0 Å². The molecule has 0 saturated carbocycles. The molecule has 40 heavy (non-hydrogen) atoms. The molecule has 7 heteroatoms. The minimum Gasteiger partial charge on any atom is -0.462 e. The number of esters is 1. The Morgan fingerprint density at radius 3 is 2.20 bits per heavy atom. The molecule has 1 aliphatic heterocycles. The third-order valence-electron chi connectivity index (χ3n) is 6.06. The van der Waals surface area contributed by atoms with Gasteiger partial charge in [0.2, 0.25) is 0 Å². The third kappa shape index (κ3) is 6.62. The molecule has 0 aliphatic carbocycles. The zero-order valence-electron chi connectivity index (χ0n) is 21.6. The van der Waals surface area contributed by atoms with Crippen LogP contribution in [0.3, 0.4) is 0 Å². The van der Waals surface area contributed by atoms with E-state index < -0.39 is 5.97 Å². The maximum absolute atomic E-state index is 13.3. The summed E-state index contributed by atoms with van der Waals surface area (Å²) >= 11 is 1.27. The number of carbonyl (C=O) groups excluding carboxylic acids is 2. The Bertz CT molecular complexity index is 1610. The Hall–Kier alpha value is -4.75. The third-order valence-corrected chi connectivity index (χ3v) is 6.96. The average Bonchev–Trinajstić information content (AvgIpc) is 3.32. The van der Waals surface area contributed by atoms with E-state index in [0.717, 1.165) is 16.7 Å². The van der Waals surface area contributed by atoms with Crippen molar-refractivity contribution in [2.24, 2.45) is 4.99 Å². The lowest BCUT2D eigenvalue weighted by atomic mass is 10.0. The number of rotatable bonds is 7. The fourth-order valence-corrected chi connectivity index (χ4v) is 4.90. The first-order valence-electron chi connectivity index (χ1n) is 12.7. The molecule has 1 amide bonds. The Kier molecular flexibility index (Phi) is 8.32. The molecule has 1 aliphatic rings. The second kappa shape index (κ2) is 12.4. The molecule has 198 valence electrons. The molecule has 4 aromatic rings. The molecule has 0 bridgehead atoms. The van der Waals surface area contributed by atoms with Gasteiger partial charge >= 0.3 is 5.97 Å². The zero-order valence-corrected chi connectivity index (χ0v) is 22.5. The van der Waals surface area contributed by atoms with E-state index in [0.29, 0.717) is 32.5 Å². The van der Waals surface area contributed by atoms with Gasteiger partial charge in [-0.05, 0) is 82.9 Å². The van der Waals surface area contributed by atoms with Crippen LogP contribution in [0.1, 0.15) is 23.6 Å². The first-order valence-corrected chi connectivity index (χ1v) is 13.5. The second-order valence-electron chi connectivity index (χ2n) is 8.85. The van der Waals surface area contributed by atoms with Crippen molar-refractivity contribution in [1.82, 2.24) is 0 Å². The largest absolute Gasteiger partial charge is 0.462 e. The van der Waals surface area contributed by atoms with E-state index in [1.54, 1.807) is 49.4 Å². The highest BCUT2D eigenvalue weighted by molar-refractivity contribution is 8.18. The van der Waals surface area contributed by atoms with E-state index in [1.807, 2.05) is 48.5 Å². The van der Waals surface area contributed by atoms with Gasteiger partial charge in [0.05, 0.1) is 17.1 Å². The molecule has 0 fully saturated rings. The molecular formula is C33H25FN2O3S. The van der Waals surface area contributed by atoms with Crippen LogP contribution in [0.5, 0.6) is 0 Å². The number of hydrogen-bond donors (Lipinski definition) is 1. The summed E-state index contributed by atoms with van der Waals surface area (Å²) in [6, 6.07) is 31.1. The molecule has 0 radical (unpaired) electrons. The number of carbonyl (C=O) groups is 2. The molecule has 4 aromatic carbocycles. The Balaban J connectivity index is 1.27. The van der Waals surface area contributed by atoms with Crippen molar-refractivity contribution < 1.29 is 18.7 Å². The lowest BCUT2D eigenvalue weighted by Crippen LogP contribution is -2.08. The molecule has 0 saturated heterocycles. The highest BCUT2D eigenvalue weighted by Crippen LogP contribution is 2.30. The summed E-state index contributed by atoms with van der Waals surface area (Å²) in [5, 5.41) is 3.64. The molecule has 1 N–H and O–H groups in total. The molecule has 0 atom stereocenters. The molecule has 1 heterocycles. The number of amides is 1. The predicted octanol–water partition coefficient (Wildman–Crippen LogP) is 7.68. The van der Waals surface area contributed by atoms with Crippen LogP contribution in [0.15, 0.2) is 113 Å². The summed E-state index contributed by atoms with van der Waals surface area (Å²) in [4.78, 5) is 29.9. The fraction of sp³-hybridized carbons (Fsp3) is 0.0606. The Morgan fingerprint density at radius 1 is 0.875 bits per heavy atom. The van der Waals surface area contributed by atoms with E-state index in [4.69, 9.17) is 4.74 Å². The minimum absolute atomic E-state index is 0.233. The smallest absolute Gasteiger partial charge is 0.338 e. The van der Waals surface area contributed by atoms with Gasteiger partial charge in [0.15, 0.2) is 5.17 Å². The lowest BCUT2D eigenvalue weighted by Gasteiger charge is -2.10. The number of halogens is 1. The van der Waals surface area contributed by atoms with Gasteiger partial charge in [0, 0.05) is 5.69 Å². The van der Waals surface area contributed by atoms with Crippen LogP contribution in [0.4, 0.5) is 10.1 Å². The molecule has 0 spiro atoms. The summed E-state index contributed by atoms with van der Waals surface area (Å²) in [6.45, 7) is 1.97. The maximum Gasteiger partial charge on any atom is 0.338 e. The van der Waals surface area contributed by atoms with Gasteiger partial charge in [-0.15, -0.1) is 0 Å². The fourth-order valence-electron chi connectivity index (χ4n) is 4.07. The van der Waals surface area contributed by atoms with Crippen LogP contribution >= 0.6 is 11.8 Å². The van der Waals surface area contributed by atoms with Crippen molar-refractivity contribution in [3.63, 3.8) is 0 Å². The van der Waals surface area contributed by atoms with Crippen molar-refractivity contribution in [2.75, 3.05) is 11.9 Å². The number of thioether (sulfide) groups is 1. The van der Waals surface area contributed by atoms with Crippen molar-refractivity contribution >= 4 is 52.2 Å².